The molecule has 1 fully saturated rings. The molecule has 2 heterocycles. The Morgan fingerprint density at radius 1 is 1.30 bits per heavy atom. The Morgan fingerprint density at radius 3 is 2.81 bits per heavy atom. The lowest BCUT2D eigenvalue weighted by Crippen LogP contribution is -2.49. The van der Waals surface area contributed by atoms with Crippen LogP contribution < -0.4 is 5.32 Å². The second-order valence-corrected chi connectivity index (χ2v) is 6.99. The van der Waals surface area contributed by atoms with Crippen LogP contribution in [0.3, 0.4) is 0 Å². The molecular weight excluding hydrogens is 368 g/mol. The van der Waals surface area contributed by atoms with Gasteiger partial charge in [0.25, 0.3) is 0 Å². The highest BCUT2D eigenvalue weighted by atomic mass is 35.5. The summed E-state index contributed by atoms with van der Waals surface area (Å²) in [4.78, 5) is 20.9. The molecule has 1 aliphatic rings. The highest BCUT2D eigenvalue weighted by Crippen LogP contribution is 2.22. The van der Waals surface area contributed by atoms with E-state index < -0.39 is 0 Å². The number of hydrogen-bond acceptors (Lipinski definition) is 6. The molecule has 0 saturated carbocycles. The van der Waals surface area contributed by atoms with Crippen molar-refractivity contribution in [2.24, 2.45) is 0 Å². The van der Waals surface area contributed by atoms with Crippen molar-refractivity contribution in [3.8, 4) is 11.5 Å². The van der Waals surface area contributed by atoms with Crippen molar-refractivity contribution in [3.05, 3.63) is 41.2 Å². The maximum Gasteiger partial charge on any atom is 0.234 e. The third kappa shape index (κ3) is 6.04. The first-order chi connectivity index (χ1) is 13.1. The van der Waals surface area contributed by atoms with Crippen LogP contribution in [0, 0.1) is 0 Å². The largest absolute Gasteiger partial charge is 0.444 e. The van der Waals surface area contributed by atoms with Gasteiger partial charge in [-0.15, -0.1) is 0 Å². The van der Waals surface area contributed by atoms with Crippen molar-refractivity contribution in [2.45, 2.75) is 6.54 Å². The van der Waals surface area contributed by atoms with E-state index in [1.165, 1.54) is 0 Å². The Labute approximate surface area is 164 Å². The van der Waals surface area contributed by atoms with Crippen LogP contribution in [-0.2, 0) is 16.1 Å². The summed E-state index contributed by atoms with van der Waals surface area (Å²) in [5.41, 5.74) is 1.77. The van der Waals surface area contributed by atoms with Gasteiger partial charge in [0.15, 0.2) is 0 Å². The average Bonchev–Trinajstić information content (AvgIpc) is 3.12. The van der Waals surface area contributed by atoms with Gasteiger partial charge < -0.3 is 14.5 Å². The number of benzene rings is 1. The monoisotopic (exact) mass is 392 g/mol. The van der Waals surface area contributed by atoms with E-state index in [0.717, 1.165) is 44.0 Å². The number of halogens is 1. The highest BCUT2D eigenvalue weighted by Gasteiger charge is 2.20. The Kier molecular flexibility index (Phi) is 7.23. The molecule has 7 nitrogen and oxygen atoms in total. The summed E-state index contributed by atoms with van der Waals surface area (Å²) in [6.45, 7) is 5.76. The topological polar surface area (TPSA) is 70.8 Å². The maximum absolute atomic E-state index is 11.9. The SMILES string of the molecule is COCCNC(=O)CN1CCN(Cc2coc(-c3cccc(Cl)c3)n2)CC1. The number of carbonyl (C=O) groups excluding carboxylic acids is 1. The molecule has 1 amide bonds. The molecule has 0 bridgehead atoms. The van der Waals surface area contributed by atoms with Gasteiger partial charge in [0.05, 0.1) is 18.8 Å². The first-order valence-corrected chi connectivity index (χ1v) is 9.42. The van der Waals surface area contributed by atoms with E-state index in [2.05, 4.69) is 20.1 Å². The van der Waals surface area contributed by atoms with E-state index in [1.807, 2.05) is 24.3 Å². The molecule has 2 aromatic rings. The number of nitrogens with one attached hydrogen (secondary N) is 1. The smallest absolute Gasteiger partial charge is 0.234 e. The summed E-state index contributed by atoms with van der Waals surface area (Å²) in [6.07, 6.45) is 1.70. The van der Waals surface area contributed by atoms with Crippen LogP contribution >= 0.6 is 11.6 Å². The lowest BCUT2D eigenvalue weighted by atomic mass is 10.2. The zero-order valence-corrected chi connectivity index (χ0v) is 16.2. The van der Waals surface area contributed by atoms with Crippen molar-refractivity contribution in [2.75, 3.05) is 53.0 Å². The van der Waals surface area contributed by atoms with Crippen LogP contribution in [0.4, 0.5) is 0 Å². The number of oxazole rings is 1. The molecule has 1 N–H and O–H groups in total. The Bertz CT molecular complexity index is 744. The predicted molar refractivity (Wildman–Crippen MR) is 104 cm³/mol. The minimum Gasteiger partial charge on any atom is -0.444 e. The third-order valence-corrected chi connectivity index (χ3v) is 4.70. The number of ether oxygens (including phenoxy) is 1. The number of rotatable bonds is 8. The van der Waals surface area contributed by atoms with Gasteiger partial charge in [-0.3, -0.25) is 14.6 Å². The van der Waals surface area contributed by atoms with Gasteiger partial charge in [-0.05, 0) is 18.2 Å². The van der Waals surface area contributed by atoms with Gasteiger partial charge in [-0.2, -0.15) is 0 Å². The first-order valence-electron chi connectivity index (χ1n) is 9.05. The molecule has 3 rings (SSSR count). The van der Waals surface area contributed by atoms with Crippen molar-refractivity contribution in [3.63, 3.8) is 0 Å². The van der Waals surface area contributed by atoms with Crippen LogP contribution in [0.15, 0.2) is 34.9 Å². The van der Waals surface area contributed by atoms with Crippen molar-refractivity contribution in [1.82, 2.24) is 20.1 Å². The van der Waals surface area contributed by atoms with Crippen LogP contribution in [0.1, 0.15) is 5.69 Å². The fourth-order valence-corrected chi connectivity index (χ4v) is 3.21. The lowest BCUT2D eigenvalue weighted by molar-refractivity contribution is -0.122. The molecule has 0 radical (unpaired) electrons. The van der Waals surface area contributed by atoms with Crippen LogP contribution in [-0.4, -0.2) is 73.7 Å². The molecule has 0 unspecified atom stereocenters. The molecule has 1 aromatic carbocycles. The summed E-state index contributed by atoms with van der Waals surface area (Å²) in [7, 11) is 1.62. The molecule has 1 saturated heterocycles. The second kappa shape index (κ2) is 9.85. The molecule has 8 heteroatoms. The Morgan fingerprint density at radius 2 is 2.07 bits per heavy atom. The van der Waals surface area contributed by atoms with Gasteiger partial charge in [0.1, 0.15) is 6.26 Å². The summed E-state index contributed by atoms with van der Waals surface area (Å²) >= 11 is 6.03. The molecular formula is C19H25ClN4O3. The average molecular weight is 393 g/mol. The standard InChI is InChI=1S/C19H25ClN4O3/c1-26-10-5-21-18(25)13-24-8-6-23(7-9-24)12-17-14-27-19(22-17)15-3-2-4-16(20)11-15/h2-4,11,14H,5-10,12-13H2,1H3,(H,21,25). The van der Waals surface area contributed by atoms with Gasteiger partial charge in [0, 0.05) is 57.0 Å². The number of carbonyl (C=O) groups is 1. The minimum absolute atomic E-state index is 0.0446. The van der Waals surface area contributed by atoms with Gasteiger partial charge in [-0.25, -0.2) is 4.98 Å². The van der Waals surface area contributed by atoms with Gasteiger partial charge in [0.2, 0.25) is 11.8 Å². The normalized spacial score (nSPS) is 15.8. The molecule has 1 aliphatic heterocycles. The Hall–Kier alpha value is -1.93. The summed E-state index contributed by atoms with van der Waals surface area (Å²) in [5.74, 6) is 0.627. The lowest BCUT2D eigenvalue weighted by Gasteiger charge is -2.33. The van der Waals surface area contributed by atoms with E-state index in [9.17, 15) is 4.79 Å². The number of piperazine rings is 1. The summed E-state index contributed by atoms with van der Waals surface area (Å²) in [5, 5.41) is 3.51. The van der Waals surface area contributed by atoms with E-state index in [4.69, 9.17) is 20.8 Å². The van der Waals surface area contributed by atoms with E-state index in [-0.39, 0.29) is 5.91 Å². The van der Waals surface area contributed by atoms with E-state index in [0.29, 0.717) is 30.6 Å². The molecule has 0 spiro atoms. The number of aromatic nitrogens is 1. The van der Waals surface area contributed by atoms with E-state index >= 15 is 0 Å². The zero-order chi connectivity index (χ0) is 19.1. The fourth-order valence-electron chi connectivity index (χ4n) is 3.02. The van der Waals surface area contributed by atoms with Crippen molar-refractivity contribution >= 4 is 17.5 Å². The van der Waals surface area contributed by atoms with Gasteiger partial charge in [-0.1, -0.05) is 17.7 Å². The number of nitrogens with zero attached hydrogens (tertiary/aromatic N) is 3. The summed E-state index contributed by atoms with van der Waals surface area (Å²) in [6, 6.07) is 7.48. The predicted octanol–water partition coefficient (Wildman–Crippen LogP) is 1.88. The van der Waals surface area contributed by atoms with Crippen LogP contribution in [0.5, 0.6) is 0 Å². The quantitative estimate of drug-likeness (QED) is 0.691. The Balaban J connectivity index is 1.44. The number of methoxy groups -OCH3 is 1. The van der Waals surface area contributed by atoms with E-state index in [1.54, 1.807) is 13.4 Å². The molecule has 0 atom stereocenters. The first kappa shape index (κ1) is 19.8. The van der Waals surface area contributed by atoms with Crippen molar-refractivity contribution in [1.29, 1.82) is 0 Å². The zero-order valence-electron chi connectivity index (χ0n) is 15.5. The molecule has 27 heavy (non-hydrogen) atoms. The third-order valence-electron chi connectivity index (χ3n) is 4.47. The van der Waals surface area contributed by atoms with Crippen molar-refractivity contribution < 1.29 is 13.9 Å². The number of amides is 1. The van der Waals surface area contributed by atoms with Gasteiger partial charge >= 0.3 is 0 Å². The second-order valence-electron chi connectivity index (χ2n) is 6.55. The highest BCUT2D eigenvalue weighted by molar-refractivity contribution is 6.30. The summed E-state index contributed by atoms with van der Waals surface area (Å²) < 4.78 is 10.5. The molecule has 1 aromatic heterocycles. The van der Waals surface area contributed by atoms with Crippen LogP contribution in [0.25, 0.3) is 11.5 Å². The molecule has 146 valence electrons. The van der Waals surface area contributed by atoms with Crippen LogP contribution in [0.2, 0.25) is 5.02 Å². The maximum atomic E-state index is 11.9. The molecule has 0 aliphatic carbocycles. The number of hydrogen-bond donors (Lipinski definition) is 1. The fraction of sp³-hybridized carbons (Fsp3) is 0.474. The minimum atomic E-state index is 0.0446.